The van der Waals surface area contributed by atoms with Gasteiger partial charge in [0.05, 0.1) is 0 Å². The van der Waals surface area contributed by atoms with Crippen LogP contribution in [0.4, 0.5) is 0 Å². The molecular weight excluding hydrogens is 457 g/mol. The summed E-state index contributed by atoms with van der Waals surface area (Å²) in [6, 6.07) is 6.32. The summed E-state index contributed by atoms with van der Waals surface area (Å²) >= 11 is 9.70. The van der Waals surface area contributed by atoms with Gasteiger partial charge in [-0.25, -0.2) is 0 Å². The molecular formula is C22H37O2PS2Zn. The maximum atomic E-state index is 11.9. The predicted octanol–water partition coefficient (Wildman–Crippen LogP) is 7.00. The van der Waals surface area contributed by atoms with Crippen LogP contribution in [-0.4, -0.2) is 0 Å². The number of aryl methyl sites for hydroxylation is 2. The quantitative estimate of drug-likeness (QED) is 0.107. The molecule has 0 unspecified atom stereocenters. The van der Waals surface area contributed by atoms with Crippen molar-refractivity contribution in [3.63, 3.8) is 0 Å². The van der Waals surface area contributed by atoms with Crippen molar-refractivity contribution in [3.8, 4) is 5.75 Å². The fraction of sp³-hybridized carbons (Fsp3) is 0.727. The standard InChI is InChI=1S/C22H39O2PS2.Zn/c1-3-5-7-9-11-13-15-20-17-18-21(16-14-12-10-8-6-4-2)22(19-20)24-25(23,26)27;/h17-19H,3-16H2,1-2H3,(H2,23,26,27);/q;+2/p-2. The third-order valence-electron chi connectivity index (χ3n) is 4.96. The van der Waals surface area contributed by atoms with Crippen LogP contribution >= 0.6 is 6.12 Å². The van der Waals surface area contributed by atoms with Gasteiger partial charge in [-0.1, -0.05) is 90.2 Å². The van der Waals surface area contributed by atoms with Crippen molar-refractivity contribution in [1.82, 2.24) is 0 Å². The average Bonchev–Trinajstić information content (AvgIpc) is 2.61. The third kappa shape index (κ3) is 14.7. The van der Waals surface area contributed by atoms with Crippen LogP contribution in [0.2, 0.25) is 0 Å². The van der Waals surface area contributed by atoms with Gasteiger partial charge in [-0.05, 0) is 42.9 Å². The third-order valence-corrected chi connectivity index (χ3v) is 5.83. The summed E-state index contributed by atoms with van der Waals surface area (Å²) in [7, 11) is 0. The zero-order chi connectivity index (χ0) is 20.0. The molecule has 0 fully saturated rings. The molecule has 28 heavy (non-hydrogen) atoms. The SMILES string of the molecule is CCCCCCCCc1ccc(CCCCCCCC)c(O[P+]([O-])([S-])[S-])c1.[Zn+2]. The van der Waals surface area contributed by atoms with E-state index in [1.54, 1.807) is 0 Å². The van der Waals surface area contributed by atoms with E-state index in [0.29, 0.717) is 5.75 Å². The molecule has 0 aromatic heterocycles. The largest absolute Gasteiger partial charge is 2.00 e. The molecule has 6 heteroatoms. The van der Waals surface area contributed by atoms with Crippen LogP contribution in [-0.2, 0) is 56.8 Å². The Bertz CT molecular complexity index is 510. The van der Waals surface area contributed by atoms with Crippen molar-refractivity contribution in [2.75, 3.05) is 0 Å². The molecule has 0 saturated carbocycles. The second kappa shape index (κ2) is 17.4. The Morgan fingerprint density at radius 2 is 1.29 bits per heavy atom. The number of rotatable bonds is 16. The number of hydrogen-bond donors (Lipinski definition) is 0. The molecule has 0 aliphatic rings. The molecule has 2 nitrogen and oxygen atoms in total. The summed E-state index contributed by atoms with van der Waals surface area (Å²) in [5.41, 5.74) is 2.32. The van der Waals surface area contributed by atoms with Crippen LogP contribution in [0.15, 0.2) is 18.2 Å². The van der Waals surface area contributed by atoms with Crippen LogP contribution in [0.25, 0.3) is 0 Å². The molecule has 0 amide bonds. The second-order valence-electron chi connectivity index (χ2n) is 7.52. The van der Waals surface area contributed by atoms with Crippen LogP contribution < -0.4 is 9.42 Å². The Morgan fingerprint density at radius 3 is 1.82 bits per heavy atom. The molecule has 1 aromatic carbocycles. The molecule has 0 aliphatic carbocycles. The van der Waals surface area contributed by atoms with E-state index >= 15 is 0 Å². The number of hydrogen-bond acceptors (Lipinski definition) is 4. The van der Waals surface area contributed by atoms with Crippen LogP contribution in [0, 0.1) is 0 Å². The van der Waals surface area contributed by atoms with Gasteiger partial charge < -0.3 is 33.9 Å². The van der Waals surface area contributed by atoms with E-state index in [1.165, 1.54) is 76.2 Å². The first kappa shape index (κ1) is 28.7. The molecule has 156 valence electrons. The number of benzene rings is 1. The fourth-order valence-electron chi connectivity index (χ4n) is 3.37. The fourth-order valence-corrected chi connectivity index (χ4v) is 4.26. The summed E-state index contributed by atoms with van der Waals surface area (Å²) in [6.45, 7) is 4.48. The van der Waals surface area contributed by atoms with Crippen LogP contribution in [0.1, 0.15) is 102 Å². The van der Waals surface area contributed by atoms with Crippen molar-refractivity contribution in [3.05, 3.63) is 29.3 Å². The zero-order valence-electron chi connectivity index (χ0n) is 17.9. The Hall–Kier alpha value is 0.733. The summed E-state index contributed by atoms with van der Waals surface area (Å²) in [4.78, 5) is 11.9. The van der Waals surface area contributed by atoms with Crippen molar-refractivity contribution in [2.45, 2.75) is 104 Å². The van der Waals surface area contributed by atoms with Gasteiger partial charge in [-0.3, -0.25) is 0 Å². The van der Waals surface area contributed by atoms with Gasteiger partial charge in [0.15, 0.2) is 5.75 Å². The first-order valence-corrected chi connectivity index (χ1v) is 14.4. The molecule has 1 aromatic rings. The number of unbranched alkanes of at least 4 members (excludes halogenated alkanes) is 10. The molecule has 0 radical (unpaired) electrons. The molecule has 0 bridgehead atoms. The van der Waals surface area contributed by atoms with Crippen molar-refractivity contribution < 1.29 is 28.9 Å². The van der Waals surface area contributed by atoms with Gasteiger partial charge in [0.1, 0.15) is 0 Å². The van der Waals surface area contributed by atoms with E-state index in [9.17, 15) is 4.89 Å². The first-order chi connectivity index (χ1) is 13.0. The molecule has 1 rings (SSSR count). The Morgan fingerprint density at radius 1 is 0.786 bits per heavy atom. The van der Waals surface area contributed by atoms with Gasteiger partial charge in [0, 0.05) is 0 Å². The first-order valence-electron chi connectivity index (χ1n) is 10.8. The maximum Gasteiger partial charge on any atom is 2.00 e. The van der Waals surface area contributed by atoms with E-state index in [4.69, 9.17) is 29.0 Å². The summed E-state index contributed by atoms with van der Waals surface area (Å²) in [5.74, 6) is 0.653. The molecule has 0 N–H and O–H groups in total. The normalized spacial score (nSPS) is 11.3. The van der Waals surface area contributed by atoms with E-state index in [1.807, 2.05) is 6.07 Å². The Kier molecular flexibility index (Phi) is 17.9. The smallest absolute Gasteiger partial charge is 0.682 e. The topological polar surface area (TPSA) is 32.3 Å². The minimum absolute atomic E-state index is 0. The van der Waals surface area contributed by atoms with Gasteiger partial charge in [0.2, 0.25) is 0 Å². The van der Waals surface area contributed by atoms with Crippen LogP contribution in [0.5, 0.6) is 5.75 Å². The second-order valence-corrected chi connectivity index (χ2v) is 12.2. The molecule has 0 aliphatic heterocycles. The van der Waals surface area contributed by atoms with Gasteiger partial charge in [-0.2, -0.15) is 0 Å². The van der Waals surface area contributed by atoms with Crippen molar-refractivity contribution in [1.29, 1.82) is 0 Å². The predicted molar refractivity (Wildman–Crippen MR) is 123 cm³/mol. The van der Waals surface area contributed by atoms with E-state index in [0.717, 1.165) is 24.8 Å². The van der Waals surface area contributed by atoms with Crippen molar-refractivity contribution >= 4 is 30.6 Å². The summed E-state index contributed by atoms with van der Waals surface area (Å²) in [6.07, 6.45) is 13.8. The molecule has 0 saturated heterocycles. The molecule has 0 atom stereocenters. The van der Waals surface area contributed by atoms with Gasteiger partial charge in [-0.15, -0.1) is 6.12 Å². The maximum absolute atomic E-state index is 11.9. The van der Waals surface area contributed by atoms with E-state index < -0.39 is 6.12 Å². The van der Waals surface area contributed by atoms with Gasteiger partial charge >= 0.3 is 19.5 Å². The monoisotopic (exact) mass is 492 g/mol. The van der Waals surface area contributed by atoms with E-state index in [-0.39, 0.29) is 19.5 Å². The summed E-state index contributed by atoms with van der Waals surface area (Å²) < 4.78 is 5.51. The minimum Gasteiger partial charge on any atom is -0.682 e. The zero-order valence-corrected chi connectivity index (χ0v) is 23.4. The van der Waals surface area contributed by atoms with E-state index in [2.05, 4.69) is 26.0 Å². The average molecular weight is 494 g/mol. The molecule has 0 spiro atoms. The minimum atomic E-state index is -3.37. The van der Waals surface area contributed by atoms with Gasteiger partial charge in [0.25, 0.3) is 0 Å². The summed E-state index contributed by atoms with van der Waals surface area (Å²) in [5, 5.41) is 0. The van der Waals surface area contributed by atoms with Crippen molar-refractivity contribution in [2.24, 2.45) is 0 Å². The Labute approximate surface area is 197 Å². The molecule has 0 heterocycles. The van der Waals surface area contributed by atoms with Crippen LogP contribution in [0.3, 0.4) is 0 Å². The Balaban J connectivity index is 0.00000729.